The van der Waals surface area contributed by atoms with Gasteiger partial charge in [-0.05, 0) is 18.2 Å². The van der Waals surface area contributed by atoms with Crippen molar-refractivity contribution in [2.24, 2.45) is 0 Å². The number of nitrogens with zero attached hydrogens (tertiary/aromatic N) is 4. The zero-order valence-electron chi connectivity index (χ0n) is 14.7. The Morgan fingerprint density at radius 3 is 2.30 bits per heavy atom. The molecule has 10 nitrogen and oxygen atoms in total. The number of pyridine rings is 2. The summed E-state index contributed by atoms with van der Waals surface area (Å²) in [6.45, 7) is 0. The third kappa shape index (κ3) is 3.39. The largest absolute Gasteiger partial charge is 0.433 e. The molecule has 156 valence electrons. The average molecular weight is 444 g/mol. The molecule has 2 heterocycles. The fourth-order valence-corrected chi connectivity index (χ4v) is 3.10. The topological polar surface area (TPSA) is 133 Å². The molecule has 0 aliphatic heterocycles. The monoisotopic (exact) mass is 443 g/mol. The SMILES string of the molecule is CNc1c([N+](=O)[O-])c(=O)n(-c2ccc([N+](=O)[O-])cc2Cl)c2nc(C(F)(F)F)ccc12. The number of aromatic nitrogens is 2. The van der Waals surface area contributed by atoms with Gasteiger partial charge < -0.3 is 5.32 Å². The van der Waals surface area contributed by atoms with Crippen molar-refractivity contribution in [1.29, 1.82) is 0 Å². The highest BCUT2D eigenvalue weighted by Gasteiger charge is 2.35. The number of hydrogen-bond donors (Lipinski definition) is 1. The molecule has 3 rings (SSSR count). The molecule has 2 aromatic heterocycles. The normalized spacial score (nSPS) is 11.5. The van der Waals surface area contributed by atoms with Crippen molar-refractivity contribution in [3.05, 3.63) is 71.6 Å². The fraction of sp³-hybridized carbons (Fsp3) is 0.125. The standard InChI is InChI=1S/C16H9ClF3N5O5/c1-21-12-8-3-5-11(16(18,19)20)22-14(8)23(15(26)13(12)25(29)30)10-4-2-7(24(27)28)6-9(10)17/h2-6,21H,1H3. The van der Waals surface area contributed by atoms with Gasteiger partial charge in [0.1, 0.15) is 11.4 Å². The maximum Gasteiger partial charge on any atom is 0.433 e. The summed E-state index contributed by atoms with van der Waals surface area (Å²) in [5.74, 6) is 0. The number of halogens is 4. The Hall–Kier alpha value is -3.74. The van der Waals surface area contributed by atoms with Gasteiger partial charge in [-0.3, -0.25) is 29.6 Å². The molecule has 0 aliphatic rings. The Morgan fingerprint density at radius 2 is 1.80 bits per heavy atom. The number of nitro benzene ring substituents is 1. The lowest BCUT2D eigenvalue weighted by Crippen LogP contribution is -2.25. The van der Waals surface area contributed by atoms with Crippen LogP contribution in [0.3, 0.4) is 0 Å². The average Bonchev–Trinajstić information content (AvgIpc) is 2.66. The first kappa shape index (κ1) is 21.0. The molecule has 3 aromatic rings. The fourth-order valence-electron chi connectivity index (χ4n) is 2.85. The summed E-state index contributed by atoms with van der Waals surface area (Å²) in [6, 6.07) is 4.34. The van der Waals surface area contributed by atoms with Crippen LogP contribution in [-0.4, -0.2) is 26.4 Å². The van der Waals surface area contributed by atoms with Crippen LogP contribution in [0.1, 0.15) is 5.69 Å². The van der Waals surface area contributed by atoms with E-state index in [-0.39, 0.29) is 16.8 Å². The van der Waals surface area contributed by atoms with Gasteiger partial charge >= 0.3 is 17.4 Å². The molecule has 0 fully saturated rings. The summed E-state index contributed by atoms with van der Waals surface area (Å²) >= 11 is 6.02. The highest BCUT2D eigenvalue weighted by molar-refractivity contribution is 6.32. The molecule has 1 aromatic carbocycles. The van der Waals surface area contributed by atoms with E-state index in [9.17, 15) is 38.2 Å². The van der Waals surface area contributed by atoms with E-state index in [0.717, 1.165) is 24.3 Å². The van der Waals surface area contributed by atoms with E-state index in [0.29, 0.717) is 10.6 Å². The van der Waals surface area contributed by atoms with Crippen LogP contribution in [-0.2, 0) is 6.18 Å². The summed E-state index contributed by atoms with van der Waals surface area (Å²) in [4.78, 5) is 37.0. The third-order valence-electron chi connectivity index (χ3n) is 4.10. The first-order valence-corrected chi connectivity index (χ1v) is 8.28. The maximum absolute atomic E-state index is 13.2. The summed E-state index contributed by atoms with van der Waals surface area (Å²) < 4.78 is 40.1. The number of anilines is 1. The van der Waals surface area contributed by atoms with Gasteiger partial charge in [0.25, 0.3) is 5.69 Å². The second-order valence-corrected chi connectivity index (χ2v) is 6.24. The lowest BCUT2D eigenvalue weighted by molar-refractivity contribution is -0.385. The molecule has 0 saturated heterocycles. The van der Waals surface area contributed by atoms with Gasteiger partial charge in [-0.1, -0.05) is 11.6 Å². The van der Waals surface area contributed by atoms with Crippen molar-refractivity contribution < 1.29 is 23.0 Å². The Balaban J connectivity index is 2.54. The molecule has 0 radical (unpaired) electrons. The number of non-ortho nitro benzene ring substituents is 1. The Bertz CT molecular complexity index is 1270. The highest BCUT2D eigenvalue weighted by atomic mass is 35.5. The van der Waals surface area contributed by atoms with E-state index in [4.69, 9.17) is 11.6 Å². The molecule has 0 amide bonds. The van der Waals surface area contributed by atoms with E-state index in [1.807, 2.05) is 0 Å². The van der Waals surface area contributed by atoms with E-state index in [1.54, 1.807) is 0 Å². The van der Waals surface area contributed by atoms with Crippen molar-refractivity contribution in [2.45, 2.75) is 6.18 Å². The summed E-state index contributed by atoms with van der Waals surface area (Å²) in [5, 5.41) is 24.3. The van der Waals surface area contributed by atoms with Crippen LogP contribution in [0.15, 0.2) is 35.1 Å². The van der Waals surface area contributed by atoms with Gasteiger partial charge in [0.2, 0.25) is 0 Å². The summed E-state index contributed by atoms with van der Waals surface area (Å²) in [6.07, 6.45) is -4.87. The van der Waals surface area contributed by atoms with Gasteiger partial charge in [-0.2, -0.15) is 13.2 Å². The van der Waals surface area contributed by atoms with Crippen LogP contribution in [0.4, 0.5) is 30.2 Å². The molecular formula is C16H9ClF3N5O5. The Kier molecular flexibility index (Phi) is 5.08. The van der Waals surface area contributed by atoms with Gasteiger partial charge in [0, 0.05) is 24.6 Å². The predicted molar refractivity (Wildman–Crippen MR) is 100 cm³/mol. The lowest BCUT2D eigenvalue weighted by atomic mass is 10.1. The van der Waals surface area contributed by atoms with Crippen LogP contribution < -0.4 is 10.9 Å². The first-order valence-electron chi connectivity index (χ1n) is 7.90. The van der Waals surface area contributed by atoms with Gasteiger partial charge in [0.05, 0.1) is 20.6 Å². The number of hydrogen-bond acceptors (Lipinski definition) is 7. The van der Waals surface area contributed by atoms with Gasteiger partial charge in [-0.15, -0.1) is 0 Å². The molecule has 0 bridgehead atoms. The maximum atomic E-state index is 13.2. The van der Waals surface area contributed by atoms with Crippen molar-refractivity contribution in [2.75, 3.05) is 12.4 Å². The number of rotatable bonds is 4. The van der Waals surface area contributed by atoms with Crippen LogP contribution >= 0.6 is 11.6 Å². The highest BCUT2D eigenvalue weighted by Crippen LogP contribution is 2.35. The van der Waals surface area contributed by atoms with E-state index in [1.165, 1.54) is 7.05 Å². The third-order valence-corrected chi connectivity index (χ3v) is 4.41. The van der Waals surface area contributed by atoms with Crippen molar-refractivity contribution in [1.82, 2.24) is 9.55 Å². The smallest absolute Gasteiger partial charge is 0.382 e. The summed E-state index contributed by atoms with van der Waals surface area (Å²) in [7, 11) is 1.25. The van der Waals surface area contributed by atoms with E-state index >= 15 is 0 Å². The second-order valence-electron chi connectivity index (χ2n) is 5.83. The molecule has 30 heavy (non-hydrogen) atoms. The number of alkyl halides is 3. The molecular weight excluding hydrogens is 435 g/mol. The molecule has 0 spiro atoms. The minimum atomic E-state index is -4.87. The van der Waals surface area contributed by atoms with Crippen molar-refractivity contribution >= 4 is 39.7 Å². The number of nitrogens with one attached hydrogen (secondary N) is 1. The van der Waals surface area contributed by atoms with E-state index in [2.05, 4.69) is 10.3 Å². The minimum absolute atomic E-state index is 0.161. The van der Waals surface area contributed by atoms with E-state index < -0.39 is 49.3 Å². The number of benzene rings is 1. The van der Waals surface area contributed by atoms with Gasteiger partial charge in [-0.25, -0.2) is 4.98 Å². The molecule has 0 unspecified atom stereocenters. The zero-order valence-corrected chi connectivity index (χ0v) is 15.5. The molecule has 0 aliphatic carbocycles. The molecule has 1 N–H and O–H groups in total. The lowest BCUT2D eigenvalue weighted by Gasteiger charge is -2.15. The predicted octanol–water partition coefficient (Wildman–Crippen LogP) is 3.92. The first-order chi connectivity index (χ1) is 14.0. The molecule has 0 atom stereocenters. The van der Waals surface area contributed by atoms with Crippen LogP contribution in [0.25, 0.3) is 16.7 Å². The van der Waals surface area contributed by atoms with Crippen LogP contribution in [0.2, 0.25) is 5.02 Å². The molecule has 0 saturated carbocycles. The second kappa shape index (κ2) is 7.26. The Labute approximate surface area is 168 Å². The van der Waals surface area contributed by atoms with Crippen LogP contribution in [0, 0.1) is 20.2 Å². The number of nitro groups is 2. The number of fused-ring (bicyclic) bond motifs is 1. The summed E-state index contributed by atoms with van der Waals surface area (Å²) in [5.41, 5.74) is -5.30. The van der Waals surface area contributed by atoms with Crippen molar-refractivity contribution in [3.63, 3.8) is 0 Å². The van der Waals surface area contributed by atoms with Crippen molar-refractivity contribution in [3.8, 4) is 5.69 Å². The van der Waals surface area contributed by atoms with Gasteiger partial charge in [0.15, 0.2) is 5.65 Å². The molecule has 14 heteroatoms. The van der Waals surface area contributed by atoms with Crippen LogP contribution in [0.5, 0.6) is 0 Å². The quantitative estimate of drug-likeness (QED) is 0.477. The minimum Gasteiger partial charge on any atom is -0.382 e. The zero-order chi connectivity index (χ0) is 22.4. The Morgan fingerprint density at radius 1 is 1.13 bits per heavy atom.